The molecule has 108 valence electrons. The summed E-state index contributed by atoms with van der Waals surface area (Å²) >= 11 is 0. The second kappa shape index (κ2) is 4.54. The Morgan fingerprint density at radius 1 is 1.10 bits per heavy atom. The summed E-state index contributed by atoms with van der Waals surface area (Å²) in [5.41, 5.74) is -0.0826. The lowest BCUT2D eigenvalue weighted by Gasteiger charge is -2.21. The van der Waals surface area contributed by atoms with Crippen LogP contribution in [0.25, 0.3) is 10.9 Å². The van der Waals surface area contributed by atoms with Gasteiger partial charge in [0.1, 0.15) is 0 Å². The van der Waals surface area contributed by atoms with Crippen LogP contribution in [0.5, 0.6) is 5.75 Å². The number of hydrogen-bond donors (Lipinski definition) is 1. The Morgan fingerprint density at radius 3 is 2.30 bits per heavy atom. The van der Waals surface area contributed by atoms with Gasteiger partial charge < -0.3 is 9.72 Å². The van der Waals surface area contributed by atoms with Gasteiger partial charge in [0.15, 0.2) is 5.75 Å². The van der Waals surface area contributed by atoms with Crippen LogP contribution in [0.1, 0.15) is 26.3 Å². The summed E-state index contributed by atoms with van der Waals surface area (Å²) in [6, 6.07) is 5.80. The summed E-state index contributed by atoms with van der Waals surface area (Å²) in [4.78, 5) is 13.7. The standard InChI is InChI=1S/C14H14F3NO2/c1-13(2,3)9-6-8-4-5-11(19)18-12(8)10(7-9)20-14(15,16)17/h4-7H,1-3H3,(H,18,19). The van der Waals surface area contributed by atoms with Crippen molar-refractivity contribution in [1.82, 2.24) is 4.98 Å². The van der Waals surface area contributed by atoms with Crippen molar-refractivity contribution in [1.29, 1.82) is 0 Å². The third-order valence-electron chi connectivity index (χ3n) is 2.89. The number of benzene rings is 1. The van der Waals surface area contributed by atoms with Crippen LogP contribution >= 0.6 is 0 Å². The minimum atomic E-state index is -4.81. The number of rotatable bonds is 1. The normalized spacial score (nSPS) is 12.7. The van der Waals surface area contributed by atoms with Gasteiger partial charge >= 0.3 is 6.36 Å². The van der Waals surface area contributed by atoms with E-state index in [1.807, 2.05) is 20.8 Å². The average Bonchev–Trinajstić information content (AvgIpc) is 2.26. The van der Waals surface area contributed by atoms with Crippen molar-refractivity contribution in [2.45, 2.75) is 32.5 Å². The number of alkyl halides is 3. The molecule has 0 spiro atoms. The van der Waals surface area contributed by atoms with E-state index in [2.05, 4.69) is 9.72 Å². The van der Waals surface area contributed by atoms with E-state index in [4.69, 9.17) is 0 Å². The number of halogens is 3. The van der Waals surface area contributed by atoms with Crippen LogP contribution in [0.2, 0.25) is 0 Å². The van der Waals surface area contributed by atoms with Crippen molar-refractivity contribution < 1.29 is 17.9 Å². The SMILES string of the molecule is CC(C)(C)c1cc(OC(F)(F)F)c2[nH]c(=O)ccc2c1. The number of ether oxygens (including phenoxy) is 1. The molecule has 0 aliphatic heterocycles. The summed E-state index contributed by atoms with van der Waals surface area (Å²) < 4.78 is 41.5. The molecular formula is C14H14F3NO2. The number of nitrogens with one attached hydrogen (secondary N) is 1. The Balaban J connectivity index is 2.73. The zero-order valence-electron chi connectivity index (χ0n) is 11.3. The molecule has 0 amide bonds. The molecule has 0 fully saturated rings. The molecule has 1 heterocycles. The molecule has 20 heavy (non-hydrogen) atoms. The number of fused-ring (bicyclic) bond motifs is 1. The highest BCUT2D eigenvalue weighted by atomic mass is 19.4. The van der Waals surface area contributed by atoms with Crippen molar-refractivity contribution in [3.8, 4) is 5.75 Å². The molecule has 2 aromatic rings. The minimum absolute atomic E-state index is 0.0443. The topological polar surface area (TPSA) is 42.1 Å². The van der Waals surface area contributed by atoms with Crippen LogP contribution in [0.4, 0.5) is 13.2 Å². The molecule has 0 unspecified atom stereocenters. The second-order valence-electron chi connectivity index (χ2n) is 5.56. The average molecular weight is 285 g/mol. The van der Waals surface area contributed by atoms with Gasteiger partial charge in [-0.05, 0) is 29.2 Å². The fourth-order valence-electron chi connectivity index (χ4n) is 1.87. The van der Waals surface area contributed by atoms with E-state index < -0.39 is 17.7 Å². The smallest absolute Gasteiger partial charge is 0.404 e. The lowest BCUT2D eigenvalue weighted by atomic mass is 9.86. The highest BCUT2D eigenvalue weighted by molar-refractivity contribution is 5.85. The number of aromatic amines is 1. The molecule has 1 aromatic heterocycles. The van der Waals surface area contributed by atoms with E-state index in [1.165, 1.54) is 18.2 Å². The molecule has 0 bridgehead atoms. The summed E-state index contributed by atoms with van der Waals surface area (Å²) in [7, 11) is 0. The molecule has 0 atom stereocenters. The summed E-state index contributed by atoms with van der Waals surface area (Å²) in [6.45, 7) is 5.66. The number of aromatic nitrogens is 1. The van der Waals surface area contributed by atoms with Crippen LogP contribution in [0.15, 0.2) is 29.1 Å². The third-order valence-corrected chi connectivity index (χ3v) is 2.89. The monoisotopic (exact) mass is 285 g/mol. The molecule has 6 heteroatoms. The van der Waals surface area contributed by atoms with Crippen molar-refractivity contribution in [3.05, 3.63) is 40.2 Å². The molecular weight excluding hydrogens is 271 g/mol. The fraction of sp³-hybridized carbons (Fsp3) is 0.357. The molecule has 0 radical (unpaired) electrons. The van der Waals surface area contributed by atoms with Crippen LogP contribution in [0.3, 0.4) is 0 Å². The number of hydrogen-bond acceptors (Lipinski definition) is 2. The zero-order chi connectivity index (χ0) is 15.1. The van der Waals surface area contributed by atoms with E-state index >= 15 is 0 Å². The molecule has 0 aliphatic carbocycles. The van der Waals surface area contributed by atoms with Crippen LogP contribution < -0.4 is 10.3 Å². The van der Waals surface area contributed by atoms with Gasteiger partial charge in [-0.2, -0.15) is 0 Å². The Labute approximate surface area is 113 Å². The second-order valence-corrected chi connectivity index (χ2v) is 5.56. The van der Waals surface area contributed by atoms with Gasteiger partial charge in [-0.15, -0.1) is 13.2 Å². The molecule has 2 rings (SSSR count). The highest BCUT2D eigenvalue weighted by Gasteiger charge is 2.32. The van der Waals surface area contributed by atoms with Crippen LogP contribution in [-0.4, -0.2) is 11.3 Å². The molecule has 0 saturated carbocycles. The van der Waals surface area contributed by atoms with E-state index in [9.17, 15) is 18.0 Å². The Hall–Kier alpha value is -1.98. The molecule has 1 aromatic carbocycles. The van der Waals surface area contributed by atoms with E-state index in [1.54, 1.807) is 6.07 Å². The minimum Gasteiger partial charge on any atom is -0.404 e. The maximum absolute atomic E-state index is 12.5. The summed E-state index contributed by atoms with van der Waals surface area (Å²) in [6.07, 6.45) is -4.81. The first-order valence-corrected chi connectivity index (χ1v) is 5.99. The molecule has 0 aliphatic rings. The first-order valence-electron chi connectivity index (χ1n) is 5.99. The van der Waals surface area contributed by atoms with Crippen molar-refractivity contribution in [2.75, 3.05) is 0 Å². The van der Waals surface area contributed by atoms with Gasteiger partial charge in [0.2, 0.25) is 5.56 Å². The summed E-state index contributed by atoms with van der Waals surface area (Å²) in [5, 5.41) is 0.497. The lowest BCUT2D eigenvalue weighted by Crippen LogP contribution is -2.19. The Bertz CT molecular complexity index is 696. The Kier molecular flexibility index (Phi) is 3.28. The zero-order valence-corrected chi connectivity index (χ0v) is 11.3. The number of pyridine rings is 1. The quantitative estimate of drug-likeness (QED) is 0.867. The maximum atomic E-state index is 12.5. The molecule has 0 saturated heterocycles. The van der Waals surface area contributed by atoms with E-state index in [0.717, 1.165) is 0 Å². The first-order chi connectivity index (χ1) is 9.06. The van der Waals surface area contributed by atoms with E-state index in [-0.39, 0.29) is 10.9 Å². The van der Waals surface area contributed by atoms with Gasteiger partial charge in [-0.1, -0.05) is 20.8 Å². The van der Waals surface area contributed by atoms with Crippen molar-refractivity contribution in [3.63, 3.8) is 0 Å². The number of H-pyrrole nitrogens is 1. The van der Waals surface area contributed by atoms with Gasteiger partial charge in [-0.3, -0.25) is 4.79 Å². The first kappa shape index (κ1) is 14.4. The molecule has 3 nitrogen and oxygen atoms in total. The van der Waals surface area contributed by atoms with Crippen LogP contribution in [0, 0.1) is 0 Å². The third kappa shape index (κ3) is 3.12. The maximum Gasteiger partial charge on any atom is 0.573 e. The van der Waals surface area contributed by atoms with E-state index in [0.29, 0.717) is 10.9 Å². The predicted octanol–water partition coefficient (Wildman–Crippen LogP) is 3.72. The Morgan fingerprint density at radius 2 is 1.75 bits per heavy atom. The fourth-order valence-corrected chi connectivity index (χ4v) is 1.87. The molecule has 1 N–H and O–H groups in total. The van der Waals surface area contributed by atoms with Crippen LogP contribution in [-0.2, 0) is 5.41 Å². The van der Waals surface area contributed by atoms with Crippen molar-refractivity contribution in [2.24, 2.45) is 0 Å². The van der Waals surface area contributed by atoms with Gasteiger partial charge in [0, 0.05) is 11.5 Å². The van der Waals surface area contributed by atoms with Gasteiger partial charge in [0.25, 0.3) is 0 Å². The predicted molar refractivity (Wildman–Crippen MR) is 70.0 cm³/mol. The largest absolute Gasteiger partial charge is 0.573 e. The summed E-state index contributed by atoms with van der Waals surface area (Å²) in [5.74, 6) is -0.391. The van der Waals surface area contributed by atoms with Gasteiger partial charge in [-0.25, -0.2) is 0 Å². The highest BCUT2D eigenvalue weighted by Crippen LogP contribution is 2.34. The van der Waals surface area contributed by atoms with Gasteiger partial charge in [0.05, 0.1) is 5.52 Å². The lowest BCUT2D eigenvalue weighted by molar-refractivity contribution is -0.274. The van der Waals surface area contributed by atoms with Crippen molar-refractivity contribution >= 4 is 10.9 Å².